The summed E-state index contributed by atoms with van der Waals surface area (Å²) in [6.07, 6.45) is 2.75. The van der Waals surface area contributed by atoms with Crippen LogP contribution in [-0.4, -0.2) is 36.9 Å². The third-order valence-corrected chi connectivity index (χ3v) is 4.68. The van der Waals surface area contributed by atoms with Crippen molar-refractivity contribution in [3.8, 4) is 17.0 Å². The topological polar surface area (TPSA) is 92.0 Å². The van der Waals surface area contributed by atoms with E-state index in [-0.39, 0.29) is 5.97 Å². The van der Waals surface area contributed by atoms with Gasteiger partial charge in [0, 0.05) is 18.6 Å². The molecule has 2 aromatic carbocycles. The Morgan fingerprint density at radius 3 is 2.62 bits per heavy atom. The molecule has 0 saturated carbocycles. The molecule has 0 aliphatic heterocycles. The second-order valence-electron chi connectivity index (χ2n) is 7.14. The van der Waals surface area contributed by atoms with E-state index in [1.165, 1.54) is 6.26 Å². The molecule has 1 heterocycles. The van der Waals surface area contributed by atoms with Crippen LogP contribution in [-0.2, 0) is 25.5 Å². The van der Waals surface area contributed by atoms with Gasteiger partial charge in [0.25, 0.3) is 0 Å². The van der Waals surface area contributed by atoms with Crippen LogP contribution in [0, 0.1) is 0 Å². The van der Waals surface area contributed by atoms with E-state index in [0.29, 0.717) is 49.3 Å². The van der Waals surface area contributed by atoms with Crippen LogP contribution in [0.3, 0.4) is 0 Å². The summed E-state index contributed by atoms with van der Waals surface area (Å²) in [6, 6.07) is 17.1. The highest BCUT2D eigenvalue weighted by Crippen LogP contribution is 2.22. The molecule has 3 aromatic rings. The fraction of sp³-hybridized carbons (Fsp3) is 0.308. The highest BCUT2D eigenvalue weighted by Gasteiger charge is 2.20. The average Bonchev–Trinajstić information content (AvgIpc) is 3.35. The first-order valence-electron chi connectivity index (χ1n) is 11.3. The lowest BCUT2D eigenvalue weighted by Crippen LogP contribution is -2.29. The minimum absolute atomic E-state index is 0.304. The van der Waals surface area contributed by atoms with Gasteiger partial charge in [-0.25, -0.2) is 9.78 Å². The van der Waals surface area contributed by atoms with E-state index >= 15 is 0 Å². The van der Waals surface area contributed by atoms with E-state index in [1.807, 2.05) is 68.4 Å². The fourth-order valence-electron chi connectivity index (χ4n) is 3.14. The van der Waals surface area contributed by atoms with E-state index in [1.54, 1.807) is 13.2 Å². The van der Waals surface area contributed by atoms with Crippen molar-refractivity contribution in [2.75, 3.05) is 19.8 Å². The van der Waals surface area contributed by atoms with Gasteiger partial charge < -0.3 is 18.6 Å². The summed E-state index contributed by atoms with van der Waals surface area (Å²) in [4.78, 5) is 22.0. The van der Waals surface area contributed by atoms with E-state index < -0.39 is 6.10 Å². The van der Waals surface area contributed by atoms with Crippen LogP contribution in [0.4, 0.5) is 0 Å². The number of rotatable bonds is 13. The van der Waals surface area contributed by atoms with E-state index in [2.05, 4.69) is 10.5 Å². The number of carbonyl (C=O) groups excluding carboxylic acids is 1. The standard InChI is InChI=1S/C26H30N2O6/c1-4-30-24(26(29)31-5-2)16-19-11-10-14-21(15-19)32-18-23(28-34-6-3)25-27-22(17-33-25)20-12-8-7-9-13-20/h7-15,17-18,24,28H,4-6,16H2,1-3H3. The number of nitrogens with one attached hydrogen (secondary N) is 1. The Bertz CT molecular complexity index is 1060. The van der Waals surface area contributed by atoms with Crippen LogP contribution in [0.15, 0.2) is 71.5 Å². The third kappa shape index (κ3) is 7.19. The first kappa shape index (κ1) is 25.0. The zero-order valence-corrected chi connectivity index (χ0v) is 19.7. The van der Waals surface area contributed by atoms with Crippen molar-refractivity contribution >= 4 is 11.7 Å². The van der Waals surface area contributed by atoms with Crippen molar-refractivity contribution in [1.29, 1.82) is 0 Å². The minimum atomic E-state index is -0.672. The van der Waals surface area contributed by atoms with E-state index in [0.717, 1.165) is 11.1 Å². The SMILES string of the molecule is CCONC(=COc1cccc(CC(OCC)C(=O)OCC)c1)c1nc(-c2ccccc2)co1. The molecule has 1 unspecified atom stereocenters. The Morgan fingerprint density at radius 1 is 1.06 bits per heavy atom. The first-order valence-corrected chi connectivity index (χ1v) is 11.3. The maximum Gasteiger partial charge on any atom is 0.335 e. The normalized spacial score (nSPS) is 12.3. The van der Waals surface area contributed by atoms with Gasteiger partial charge in [-0.05, 0) is 38.5 Å². The molecule has 1 N–H and O–H groups in total. The number of nitrogens with zero attached hydrogens (tertiary/aromatic N) is 1. The lowest BCUT2D eigenvalue weighted by Gasteiger charge is -2.16. The molecule has 0 aliphatic carbocycles. The lowest BCUT2D eigenvalue weighted by atomic mass is 10.1. The van der Waals surface area contributed by atoms with E-state index in [9.17, 15) is 4.79 Å². The van der Waals surface area contributed by atoms with Crippen molar-refractivity contribution in [3.05, 3.63) is 78.6 Å². The predicted octanol–water partition coefficient (Wildman–Crippen LogP) is 4.77. The fourth-order valence-corrected chi connectivity index (χ4v) is 3.14. The van der Waals surface area contributed by atoms with Gasteiger partial charge in [-0.2, -0.15) is 0 Å². The Hall–Kier alpha value is -3.62. The van der Waals surface area contributed by atoms with Gasteiger partial charge in [0.2, 0.25) is 5.89 Å². The van der Waals surface area contributed by atoms with E-state index in [4.69, 9.17) is 23.5 Å². The van der Waals surface area contributed by atoms with Gasteiger partial charge in [0.1, 0.15) is 24.0 Å². The first-order chi connectivity index (χ1) is 16.6. The number of esters is 1. The summed E-state index contributed by atoms with van der Waals surface area (Å²) in [6.45, 7) is 6.63. The molecule has 0 saturated heterocycles. The second-order valence-corrected chi connectivity index (χ2v) is 7.14. The second kappa shape index (κ2) is 13.2. The Kier molecular flexibility index (Phi) is 9.69. The van der Waals surface area contributed by atoms with Crippen molar-refractivity contribution in [2.24, 2.45) is 0 Å². The number of benzene rings is 2. The molecule has 1 aromatic heterocycles. The molecule has 0 amide bonds. The molecule has 3 rings (SSSR count). The summed E-state index contributed by atoms with van der Waals surface area (Å²) in [7, 11) is 0. The molecule has 0 fully saturated rings. The van der Waals surface area contributed by atoms with Crippen LogP contribution in [0.5, 0.6) is 5.75 Å². The van der Waals surface area contributed by atoms with Gasteiger partial charge in [0.05, 0.1) is 13.2 Å². The third-order valence-electron chi connectivity index (χ3n) is 4.68. The monoisotopic (exact) mass is 466 g/mol. The molecule has 0 spiro atoms. The van der Waals surface area contributed by atoms with Crippen molar-refractivity contribution < 1.29 is 28.3 Å². The van der Waals surface area contributed by atoms with Crippen LogP contribution in [0.25, 0.3) is 17.0 Å². The smallest absolute Gasteiger partial charge is 0.335 e. The number of ether oxygens (including phenoxy) is 3. The summed E-state index contributed by atoms with van der Waals surface area (Å²) >= 11 is 0. The minimum Gasteiger partial charge on any atom is -0.464 e. The van der Waals surface area contributed by atoms with Crippen LogP contribution in [0.2, 0.25) is 0 Å². The molecule has 0 bridgehead atoms. The zero-order valence-electron chi connectivity index (χ0n) is 19.7. The highest BCUT2D eigenvalue weighted by atomic mass is 16.6. The maximum absolute atomic E-state index is 12.2. The van der Waals surface area contributed by atoms with Crippen LogP contribution in [0.1, 0.15) is 32.2 Å². The zero-order chi connectivity index (χ0) is 24.2. The van der Waals surface area contributed by atoms with Gasteiger partial charge >= 0.3 is 5.97 Å². The molecule has 180 valence electrons. The summed E-state index contributed by atoms with van der Waals surface area (Å²) in [5.74, 6) is 0.515. The summed E-state index contributed by atoms with van der Waals surface area (Å²) in [5.41, 5.74) is 5.74. The number of carbonyl (C=O) groups is 1. The van der Waals surface area contributed by atoms with Gasteiger partial charge in [0.15, 0.2) is 11.8 Å². The number of oxazole rings is 1. The van der Waals surface area contributed by atoms with Crippen molar-refractivity contribution in [2.45, 2.75) is 33.3 Å². The molecule has 0 radical (unpaired) electrons. The number of hydrogen-bond acceptors (Lipinski definition) is 8. The lowest BCUT2D eigenvalue weighted by molar-refractivity contribution is -0.156. The highest BCUT2D eigenvalue weighted by molar-refractivity contribution is 5.75. The van der Waals surface area contributed by atoms with Crippen LogP contribution >= 0.6 is 0 Å². The molecule has 8 nitrogen and oxygen atoms in total. The van der Waals surface area contributed by atoms with Gasteiger partial charge in [-0.15, -0.1) is 0 Å². The number of hydrogen-bond donors (Lipinski definition) is 1. The molecular formula is C26H30N2O6. The Labute approximate surface area is 199 Å². The predicted molar refractivity (Wildman–Crippen MR) is 127 cm³/mol. The Balaban J connectivity index is 1.75. The molecular weight excluding hydrogens is 436 g/mol. The molecule has 1 atom stereocenters. The molecule has 34 heavy (non-hydrogen) atoms. The number of hydroxylamine groups is 1. The van der Waals surface area contributed by atoms with Crippen molar-refractivity contribution in [1.82, 2.24) is 10.5 Å². The average molecular weight is 467 g/mol. The summed E-state index contributed by atoms with van der Waals surface area (Å²) in [5, 5.41) is 0. The quantitative estimate of drug-likeness (QED) is 0.219. The van der Waals surface area contributed by atoms with Crippen molar-refractivity contribution in [3.63, 3.8) is 0 Å². The number of aromatic nitrogens is 1. The van der Waals surface area contributed by atoms with Gasteiger partial charge in [-0.3, -0.25) is 10.3 Å². The maximum atomic E-state index is 12.2. The Morgan fingerprint density at radius 2 is 1.88 bits per heavy atom. The van der Waals surface area contributed by atoms with Gasteiger partial charge in [-0.1, -0.05) is 42.5 Å². The summed E-state index contributed by atoms with van der Waals surface area (Å²) < 4.78 is 22.2. The van der Waals surface area contributed by atoms with Crippen LogP contribution < -0.4 is 10.2 Å². The molecule has 8 heteroatoms. The largest absolute Gasteiger partial charge is 0.464 e. The molecule has 0 aliphatic rings.